The van der Waals surface area contributed by atoms with E-state index in [1.54, 1.807) is 11.3 Å². The molecule has 0 saturated carbocycles. The van der Waals surface area contributed by atoms with Crippen molar-refractivity contribution in [2.24, 2.45) is 0 Å². The maximum atomic E-state index is 6.18. The number of halogens is 1. The molecule has 0 spiro atoms. The van der Waals surface area contributed by atoms with Gasteiger partial charge in [-0.25, -0.2) is 9.97 Å². The molecule has 23 heavy (non-hydrogen) atoms. The number of anilines is 1. The predicted octanol–water partition coefficient (Wildman–Crippen LogP) is 4.13. The standard InChI is InChI=1S/C16H16ClN5S/c1-3-12-14(17)19-10(2)20-15(12)18-9-13-21-22-16(23-13)11-7-5-4-6-8-11/h4-8H,3,9H2,1-2H3,(H,18,19,20). The number of aryl methyl sites for hydroxylation is 1. The van der Waals surface area contributed by atoms with E-state index in [0.717, 1.165) is 33.4 Å². The van der Waals surface area contributed by atoms with Crippen molar-refractivity contribution >= 4 is 28.8 Å². The van der Waals surface area contributed by atoms with E-state index >= 15 is 0 Å². The summed E-state index contributed by atoms with van der Waals surface area (Å²) >= 11 is 7.75. The Kier molecular flexibility index (Phi) is 4.83. The number of nitrogens with one attached hydrogen (secondary N) is 1. The van der Waals surface area contributed by atoms with Crippen molar-refractivity contribution in [1.82, 2.24) is 20.2 Å². The minimum absolute atomic E-state index is 0.504. The molecule has 3 rings (SSSR count). The third kappa shape index (κ3) is 3.65. The zero-order chi connectivity index (χ0) is 16.2. The Hall–Kier alpha value is -2.05. The quantitative estimate of drug-likeness (QED) is 0.704. The highest BCUT2D eigenvalue weighted by Gasteiger charge is 2.11. The molecule has 118 valence electrons. The first kappa shape index (κ1) is 15.8. The van der Waals surface area contributed by atoms with Crippen molar-refractivity contribution in [3.63, 3.8) is 0 Å². The summed E-state index contributed by atoms with van der Waals surface area (Å²) in [5.41, 5.74) is 2.00. The number of nitrogens with zero attached hydrogens (tertiary/aromatic N) is 4. The molecule has 0 aliphatic rings. The molecule has 0 aliphatic carbocycles. The van der Waals surface area contributed by atoms with E-state index in [0.29, 0.717) is 17.5 Å². The van der Waals surface area contributed by atoms with Crippen LogP contribution in [-0.4, -0.2) is 20.2 Å². The van der Waals surface area contributed by atoms with Gasteiger partial charge < -0.3 is 5.32 Å². The third-order valence-corrected chi connectivity index (χ3v) is 4.60. The minimum atomic E-state index is 0.504. The molecule has 0 bridgehead atoms. The Morgan fingerprint density at radius 3 is 2.65 bits per heavy atom. The van der Waals surface area contributed by atoms with Crippen molar-refractivity contribution < 1.29 is 0 Å². The average Bonchev–Trinajstić information content (AvgIpc) is 3.02. The van der Waals surface area contributed by atoms with E-state index in [9.17, 15) is 0 Å². The fourth-order valence-electron chi connectivity index (χ4n) is 2.20. The largest absolute Gasteiger partial charge is 0.363 e. The zero-order valence-corrected chi connectivity index (χ0v) is 14.4. The van der Waals surface area contributed by atoms with Gasteiger partial charge in [-0.05, 0) is 13.3 Å². The number of benzene rings is 1. The van der Waals surface area contributed by atoms with Crippen molar-refractivity contribution in [2.45, 2.75) is 26.8 Å². The Morgan fingerprint density at radius 1 is 1.13 bits per heavy atom. The Balaban J connectivity index is 1.76. The van der Waals surface area contributed by atoms with Crippen LogP contribution >= 0.6 is 22.9 Å². The van der Waals surface area contributed by atoms with Crippen molar-refractivity contribution in [2.75, 3.05) is 5.32 Å². The van der Waals surface area contributed by atoms with E-state index in [2.05, 4.69) is 25.5 Å². The molecule has 2 aromatic heterocycles. The molecule has 0 radical (unpaired) electrons. The van der Waals surface area contributed by atoms with Gasteiger partial charge >= 0.3 is 0 Å². The summed E-state index contributed by atoms with van der Waals surface area (Å²) in [5.74, 6) is 1.42. The van der Waals surface area contributed by atoms with Crippen molar-refractivity contribution in [1.29, 1.82) is 0 Å². The predicted molar refractivity (Wildman–Crippen MR) is 93.8 cm³/mol. The Labute approximate surface area is 143 Å². The summed E-state index contributed by atoms with van der Waals surface area (Å²) < 4.78 is 0. The van der Waals surface area contributed by atoms with Gasteiger partial charge in [-0.2, -0.15) is 0 Å². The van der Waals surface area contributed by atoms with Crippen LogP contribution in [0.1, 0.15) is 23.3 Å². The van der Waals surface area contributed by atoms with Gasteiger partial charge in [0.2, 0.25) is 0 Å². The zero-order valence-electron chi connectivity index (χ0n) is 12.9. The molecule has 5 nitrogen and oxygen atoms in total. The van der Waals surface area contributed by atoms with Crippen LogP contribution in [0.5, 0.6) is 0 Å². The lowest BCUT2D eigenvalue weighted by atomic mass is 10.2. The van der Waals surface area contributed by atoms with Gasteiger partial charge in [0.05, 0.1) is 6.54 Å². The van der Waals surface area contributed by atoms with Gasteiger partial charge in [-0.3, -0.25) is 0 Å². The minimum Gasteiger partial charge on any atom is -0.363 e. The Bertz CT molecular complexity index is 803. The fourth-order valence-corrected chi connectivity index (χ4v) is 3.33. The van der Waals surface area contributed by atoms with Crippen LogP contribution in [0, 0.1) is 6.92 Å². The summed E-state index contributed by atoms with van der Waals surface area (Å²) in [5, 5.41) is 14.1. The van der Waals surface area contributed by atoms with Crippen LogP contribution in [0.2, 0.25) is 5.15 Å². The molecular formula is C16H16ClN5S. The molecule has 0 amide bonds. The van der Waals surface area contributed by atoms with E-state index < -0.39 is 0 Å². The summed E-state index contributed by atoms with van der Waals surface area (Å²) in [7, 11) is 0. The smallest absolute Gasteiger partial charge is 0.147 e. The molecule has 0 atom stereocenters. The van der Waals surface area contributed by atoms with Gasteiger partial charge in [-0.15, -0.1) is 10.2 Å². The van der Waals surface area contributed by atoms with E-state index in [-0.39, 0.29) is 0 Å². The van der Waals surface area contributed by atoms with Crippen LogP contribution in [0.15, 0.2) is 30.3 Å². The van der Waals surface area contributed by atoms with Crippen molar-refractivity contribution in [3.8, 4) is 10.6 Å². The van der Waals surface area contributed by atoms with E-state index in [1.807, 2.05) is 44.2 Å². The van der Waals surface area contributed by atoms with Gasteiger partial charge in [0.1, 0.15) is 26.8 Å². The maximum Gasteiger partial charge on any atom is 0.147 e. The first-order valence-electron chi connectivity index (χ1n) is 7.32. The van der Waals surface area contributed by atoms with Gasteiger partial charge in [0.15, 0.2) is 0 Å². The molecule has 3 aromatic rings. The molecular weight excluding hydrogens is 330 g/mol. The first-order valence-corrected chi connectivity index (χ1v) is 8.51. The molecule has 0 unspecified atom stereocenters. The highest BCUT2D eigenvalue weighted by atomic mass is 35.5. The number of rotatable bonds is 5. The highest BCUT2D eigenvalue weighted by Crippen LogP contribution is 2.25. The Morgan fingerprint density at radius 2 is 1.91 bits per heavy atom. The number of hydrogen-bond acceptors (Lipinski definition) is 6. The van der Waals surface area contributed by atoms with E-state index in [1.165, 1.54) is 0 Å². The van der Waals surface area contributed by atoms with Crippen molar-refractivity contribution in [3.05, 3.63) is 51.9 Å². The van der Waals surface area contributed by atoms with Crippen LogP contribution in [0.4, 0.5) is 5.82 Å². The second-order valence-corrected chi connectivity index (χ2v) is 6.38. The molecule has 0 aliphatic heterocycles. The lowest BCUT2D eigenvalue weighted by Crippen LogP contribution is -2.07. The number of hydrogen-bond donors (Lipinski definition) is 1. The molecule has 0 fully saturated rings. The van der Waals surface area contributed by atoms with E-state index in [4.69, 9.17) is 11.6 Å². The maximum absolute atomic E-state index is 6.18. The monoisotopic (exact) mass is 345 g/mol. The summed E-state index contributed by atoms with van der Waals surface area (Å²) in [4.78, 5) is 8.63. The van der Waals surface area contributed by atoms with Gasteiger partial charge in [0, 0.05) is 11.1 Å². The topological polar surface area (TPSA) is 63.6 Å². The summed E-state index contributed by atoms with van der Waals surface area (Å²) in [6.45, 7) is 4.42. The first-order chi connectivity index (χ1) is 11.2. The summed E-state index contributed by atoms with van der Waals surface area (Å²) in [6, 6.07) is 10.0. The third-order valence-electron chi connectivity index (χ3n) is 3.32. The molecule has 7 heteroatoms. The van der Waals surface area contributed by atoms with Crippen LogP contribution in [-0.2, 0) is 13.0 Å². The second-order valence-electron chi connectivity index (χ2n) is 4.96. The lowest BCUT2D eigenvalue weighted by molar-refractivity contribution is 0.947. The lowest BCUT2D eigenvalue weighted by Gasteiger charge is -2.10. The van der Waals surface area contributed by atoms with Crippen LogP contribution < -0.4 is 5.32 Å². The average molecular weight is 346 g/mol. The van der Waals surface area contributed by atoms with Gasteiger partial charge in [0.25, 0.3) is 0 Å². The fraction of sp³-hybridized carbons (Fsp3) is 0.250. The van der Waals surface area contributed by atoms with Crippen LogP contribution in [0.3, 0.4) is 0 Å². The van der Waals surface area contributed by atoms with Crippen LogP contribution in [0.25, 0.3) is 10.6 Å². The van der Waals surface area contributed by atoms with Gasteiger partial charge in [-0.1, -0.05) is 60.2 Å². The molecule has 0 saturated heterocycles. The summed E-state index contributed by atoms with van der Waals surface area (Å²) in [6.07, 6.45) is 0.771. The highest BCUT2D eigenvalue weighted by molar-refractivity contribution is 7.14. The molecule has 1 aromatic carbocycles. The normalized spacial score (nSPS) is 10.7. The molecule has 1 N–H and O–H groups in total. The SMILES string of the molecule is CCc1c(Cl)nc(C)nc1NCc1nnc(-c2ccccc2)s1. The second kappa shape index (κ2) is 7.02. The molecule has 2 heterocycles. The number of aromatic nitrogens is 4.